The van der Waals surface area contributed by atoms with Crippen molar-refractivity contribution >= 4 is 27.8 Å². The highest BCUT2D eigenvalue weighted by molar-refractivity contribution is 8.00. The van der Waals surface area contributed by atoms with Crippen LogP contribution in [-0.4, -0.2) is 96.8 Å². The lowest BCUT2D eigenvalue weighted by molar-refractivity contribution is 0.170. The fourth-order valence-corrected chi connectivity index (χ4v) is 7.66. The van der Waals surface area contributed by atoms with Gasteiger partial charge in [-0.05, 0) is 53.1 Å². The van der Waals surface area contributed by atoms with E-state index in [2.05, 4.69) is 15.6 Å². The molecule has 2 heterocycles. The molecule has 0 aromatic carbocycles. The van der Waals surface area contributed by atoms with Crippen LogP contribution in [0.4, 0.5) is 9.18 Å². The molecule has 4 fully saturated rings. The Hall–Kier alpha value is -0.660. The average Bonchev–Trinajstić information content (AvgIpc) is 3.22. The molecule has 2 saturated heterocycles. The summed E-state index contributed by atoms with van der Waals surface area (Å²) >= 11 is 1.61. The molecule has 4 rings (SSSR count). The molecule has 2 aliphatic heterocycles. The smallest absolute Gasteiger partial charge is 0.318 e. The lowest BCUT2D eigenvalue weighted by atomic mass is 9.90. The van der Waals surface area contributed by atoms with E-state index in [9.17, 15) is 17.6 Å². The van der Waals surface area contributed by atoms with E-state index in [4.69, 9.17) is 0 Å². The molecular weight excluding hydrogens is 431 g/mol. The summed E-state index contributed by atoms with van der Waals surface area (Å²) in [6.45, 7) is 2.72. The molecular formula is C18H33FN6O3S2. The minimum absolute atomic E-state index is 0.00161. The maximum absolute atomic E-state index is 13.4. The van der Waals surface area contributed by atoms with E-state index in [1.54, 1.807) is 11.8 Å². The standard InChI is InChI=1S/C18H33FN6O3S2/c1-12-20-21-16(29-12)25-15-10-13(30(27,28)22-18(11-19)6-7-18)4-5-14(15)24(17(25)26)9-8-23(2)3/h12-16,20-22H,4-11H2,1-3H3. The summed E-state index contributed by atoms with van der Waals surface area (Å²) in [5.74, 6) is 0. The number of hydrazine groups is 1. The van der Waals surface area contributed by atoms with Gasteiger partial charge in [0.1, 0.15) is 12.2 Å². The Kier molecular flexibility index (Phi) is 6.28. The summed E-state index contributed by atoms with van der Waals surface area (Å²) in [5.41, 5.74) is 5.19. The van der Waals surface area contributed by atoms with Crippen LogP contribution >= 0.6 is 11.8 Å². The fraction of sp³-hybridized carbons (Fsp3) is 0.944. The molecule has 0 bridgehead atoms. The normalized spacial score (nSPS) is 35.9. The highest BCUT2D eigenvalue weighted by Gasteiger charge is 2.55. The van der Waals surface area contributed by atoms with Crippen LogP contribution in [-0.2, 0) is 10.0 Å². The number of fused-ring (bicyclic) bond motifs is 1. The van der Waals surface area contributed by atoms with E-state index in [-0.39, 0.29) is 29.0 Å². The van der Waals surface area contributed by atoms with E-state index in [0.717, 1.165) is 6.54 Å². The molecule has 2 saturated carbocycles. The topological polar surface area (TPSA) is 97.0 Å². The third-order valence-electron chi connectivity index (χ3n) is 6.65. The molecule has 4 aliphatic rings. The summed E-state index contributed by atoms with van der Waals surface area (Å²) in [6.07, 6.45) is 2.60. The van der Waals surface area contributed by atoms with Gasteiger partial charge < -0.3 is 9.80 Å². The van der Waals surface area contributed by atoms with Crippen LogP contribution in [0.2, 0.25) is 0 Å². The van der Waals surface area contributed by atoms with Gasteiger partial charge in [0.25, 0.3) is 0 Å². The molecule has 5 atom stereocenters. The Labute approximate surface area is 182 Å². The zero-order valence-corrected chi connectivity index (χ0v) is 19.4. The zero-order chi connectivity index (χ0) is 21.7. The first-order chi connectivity index (χ1) is 14.2. The van der Waals surface area contributed by atoms with Gasteiger partial charge in [0, 0.05) is 13.1 Å². The number of halogens is 1. The number of nitrogens with zero attached hydrogens (tertiary/aromatic N) is 3. The summed E-state index contributed by atoms with van der Waals surface area (Å²) in [6, 6.07) is -0.230. The number of carbonyl (C=O) groups is 1. The largest absolute Gasteiger partial charge is 0.322 e. The van der Waals surface area contributed by atoms with Gasteiger partial charge in [0.05, 0.1) is 28.2 Å². The van der Waals surface area contributed by atoms with Crippen molar-refractivity contribution in [2.45, 2.75) is 72.8 Å². The molecule has 0 aromatic rings. The molecule has 172 valence electrons. The van der Waals surface area contributed by atoms with Crippen molar-refractivity contribution in [2.75, 3.05) is 33.9 Å². The van der Waals surface area contributed by atoms with Gasteiger partial charge in [-0.15, -0.1) is 11.8 Å². The first-order valence-electron chi connectivity index (χ1n) is 10.6. The number of alkyl halides is 1. The lowest BCUT2D eigenvalue weighted by Gasteiger charge is -2.37. The van der Waals surface area contributed by atoms with E-state index in [1.807, 2.05) is 35.7 Å². The molecule has 12 heteroatoms. The number of sulfonamides is 1. The van der Waals surface area contributed by atoms with Gasteiger partial charge in [-0.2, -0.15) is 0 Å². The quantitative estimate of drug-likeness (QED) is 0.480. The van der Waals surface area contributed by atoms with Gasteiger partial charge in [0.2, 0.25) is 10.0 Å². The Morgan fingerprint density at radius 3 is 2.57 bits per heavy atom. The molecule has 2 amide bonds. The predicted octanol–water partition coefficient (Wildman–Crippen LogP) is 0.467. The molecule has 0 spiro atoms. The molecule has 5 unspecified atom stereocenters. The van der Waals surface area contributed by atoms with Crippen LogP contribution in [0.3, 0.4) is 0 Å². The van der Waals surface area contributed by atoms with Crippen molar-refractivity contribution in [1.82, 2.24) is 30.3 Å². The number of amides is 2. The third-order valence-corrected chi connectivity index (χ3v) is 9.80. The Morgan fingerprint density at radius 1 is 1.27 bits per heavy atom. The highest BCUT2D eigenvalue weighted by Crippen LogP contribution is 2.42. The summed E-state index contributed by atoms with van der Waals surface area (Å²) < 4.78 is 42.0. The lowest BCUT2D eigenvalue weighted by Crippen LogP contribution is -2.54. The van der Waals surface area contributed by atoms with Gasteiger partial charge in [-0.25, -0.2) is 33.2 Å². The van der Waals surface area contributed by atoms with Crippen LogP contribution in [0.5, 0.6) is 0 Å². The second kappa shape index (κ2) is 8.36. The number of likely N-dealkylation sites (N-methyl/N-ethyl adjacent to an activating group) is 1. The molecule has 2 aliphatic carbocycles. The number of rotatable bonds is 8. The zero-order valence-electron chi connectivity index (χ0n) is 17.8. The van der Waals surface area contributed by atoms with Crippen molar-refractivity contribution in [3.8, 4) is 0 Å². The van der Waals surface area contributed by atoms with Crippen LogP contribution in [0.25, 0.3) is 0 Å². The van der Waals surface area contributed by atoms with Crippen LogP contribution in [0, 0.1) is 0 Å². The monoisotopic (exact) mass is 464 g/mol. The second-order valence-corrected chi connectivity index (χ2v) is 12.6. The average molecular weight is 465 g/mol. The number of thioether (sulfide) groups is 1. The summed E-state index contributed by atoms with van der Waals surface area (Å²) in [7, 11) is 0.306. The maximum atomic E-state index is 13.4. The molecule has 0 aromatic heterocycles. The van der Waals surface area contributed by atoms with Crippen LogP contribution in [0.1, 0.15) is 39.0 Å². The van der Waals surface area contributed by atoms with Crippen LogP contribution < -0.4 is 15.6 Å². The van der Waals surface area contributed by atoms with E-state index >= 15 is 0 Å². The van der Waals surface area contributed by atoms with Crippen molar-refractivity contribution in [3.63, 3.8) is 0 Å². The van der Waals surface area contributed by atoms with Gasteiger partial charge in [0.15, 0.2) is 0 Å². The fourth-order valence-electron chi connectivity index (χ4n) is 4.70. The molecule has 9 nitrogen and oxygen atoms in total. The first-order valence-corrected chi connectivity index (χ1v) is 13.1. The van der Waals surface area contributed by atoms with Gasteiger partial charge >= 0.3 is 6.03 Å². The minimum atomic E-state index is -3.65. The van der Waals surface area contributed by atoms with Crippen molar-refractivity contribution in [2.24, 2.45) is 0 Å². The van der Waals surface area contributed by atoms with Gasteiger partial charge in [-0.1, -0.05) is 0 Å². The number of hydrogen-bond donors (Lipinski definition) is 3. The predicted molar refractivity (Wildman–Crippen MR) is 115 cm³/mol. The number of nitrogens with one attached hydrogen (secondary N) is 3. The molecule has 30 heavy (non-hydrogen) atoms. The van der Waals surface area contributed by atoms with E-state index < -0.39 is 27.5 Å². The van der Waals surface area contributed by atoms with E-state index in [1.165, 1.54) is 0 Å². The first kappa shape index (κ1) is 22.5. The Bertz CT molecular complexity index is 765. The third kappa shape index (κ3) is 4.31. The number of hydrogen-bond acceptors (Lipinski definition) is 7. The van der Waals surface area contributed by atoms with Crippen LogP contribution in [0.15, 0.2) is 0 Å². The SMILES string of the molecule is CC1NNC(N2C(=O)N(CCN(C)C)C3CCC(S(=O)(=O)NC4(CF)CC4)CC32)S1. The van der Waals surface area contributed by atoms with Crippen molar-refractivity contribution in [1.29, 1.82) is 0 Å². The Balaban J connectivity index is 1.53. The van der Waals surface area contributed by atoms with Crippen molar-refractivity contribution < 1.29 is 17.6 Å². The highest BCUT2D eigenvalue weighted by atomic mass is 32.2. The molecule has 0 radical (unpaired) electrons. The van der Waals surface area contributed by atoms with E-state index in [0.29, 0.717) is 38.6 Å². The van der Waals surface area contributed by atoms with Crippen molar-refractivity contribution in [3.05, 3.63) is 0 Å². The Morgan fingerprint density at radius 2 is 2.00 bits per heavy atom. The number of carbonyl (C=O) groups excluding carboxylic acids is 1. The number of urea groups is 1. The summed E-state index contributed by atoms with van der Waals surface area (Å²) in [5, 5.41) is -0.454. The summed E-state index contributed by atoms with van der Waals surface area (Å²) in [4.78, 5) is 19.1. The second-order valence-electron chi connectivity index (χ2n) is 9.24. The molecule has 3 N–H and O–H groups in total. The minimum Gasteiger partial charge on any atom is -0.318 e. The van der Waals surface area contributed by atoms with Gasteiger partial charge in [-0.3, -0.25) is 4.90 Å². The maximum Gasteiger partial charge on any atom is 0.322 e.